The van der Waals surface area contributed by atoms with Crippen molar-refractivity contribution in [2.45, 2.75) is 93.9 Å². The molecule has 1 aromatic carbocycles. The third kappa shape index (κ3) is 12.1. The lowest BCUT2D eigenvalue weighted by Crippen LogP contribution is -1.92. The van der Waals surface area contributed by atoms with E-state index in [1.54, 1.807) is 7.11 Å². The lowest BCUT2D eigenvalue weighted by atomic mass is 10.0. The summed E-state index contributed by atoms with van der Waals surface area (Å²) in [6.07, 6.45) is 7.56. The fourth-order valence-corrected chi connectivity index (χ4v) is 3.22. The summed E-state index contributed by atoms with van der Waals surface area (Å²) in [4.78, 5) is 3.93. The van der Waals surface area contributed by atoms with E-state index in [4.69, 9.17) is 4.74 Å². The second-order valence-corrected chi connectivity index (χ2v) is 9.14. The van der Waals surface area contributed by atoms with Gasteiger partial charge in [0.1, 0.15) is 5.75 Å². The first-order valence-electron chi connectivity index (χ1n) is 13.7. The number of benzene rings is 1. The maximum Gasteiger partial charge on any atom is 0.122 e. The molecular weight excluding hydrogens is 454 g/mol. The van der Waals surface area contributed by atoms with Gasteiger partial charge >= 0.3 is 0 Å². The van der Waals surface area contributed by atoms with Crippen molar-refractivity contribution in [3.05, 3.63) is 95.6 Å². The number of methoxy groups -OCH3 is 1. The minimum absolute atomic E-state index is 0.568. The van der Waals surface area contributed by atoms with Crippen LogP contribution in [0.3, 0.4) is 0 Å². The Morgan fingerprint density at radius 2 is 1.19 bits per heavy atom. The Morgan fingerprint density at radius 3 is 1.68 bits per heavy atom. The predicted molar refractivity (Wildman–Crippen MR) is 162 cm³/mol. The van der Waals surface area contributed by atoms with Gasteiger partial charge in [0.05, 0.1) is 12.6 Å². The molecule has 0 radical (unpaired) electrons. The average Bonchev–Trinajstić information content (AvgIpc) is 3.40. The molecule has 4 nitrogen and oxygen atoms in total. The van der Waals surface area contributed by atoms with E-state index in [-0.39, 0.29) is 0 Å². The van der Waals surface area contributed by atoms with Crippen LogP contribution in [0.2, 0.25) is 0 Å². The van der Waals surface area contributed by atoms with E-state index in [0.29, 0.717) is 17.8 Å². The third-order valence-corrected chi connectivity index (χ3v) is 5.56. The Bertz CT molecular complexity index is 1100. The van der Waals surface area contributed by atoms with E-state index in [1.807, 2.05) is 69.0 Å². The van der Waals surface area contributed by atoms with Gasteiger partial charge in [-0.05, 0) is 77.3 Å². The molecule has 4 heteroatoms. The summed E-state index contributed by atoms with van der Waals surface area (Å²) in [6, 6.07) is 16.7. The Labute approximate surface area is 227 Å². The van der Waals surface area contributed by atoms with Gasteiger partial charge in [-0.1, -0.05) is 87.4 Å². The lowest BCUT2D eigenvalue weighted by Gasteiger charge is -2.09. The zero-order chi connectivity index (χ0) is 28.4. The summed E-state index contributed by atoms with van der Waals surface area (Å²) in [5.74, 6) is 2.74. The van der Waals surface area contributed by atoms with Gasteiger partial charge in [-0.15, -0.1) is 0 Å². The standard InChI is InChI=1S/C11H16O.C10H12N2.C8H11N.2C2H6/c1-8(2)10-6-5-9(3)11(7-10)12-4;1-8(2)9-3-4-10-5-6-11-12(10)7-9;1-7(2)8-3-5-9-6-4-8;2*1-2/h5-8H,1-4H3;3-8H,1-2H3;3-7H,1-2H3;2*1-2H3. The molecule has 37 heavy (non-hydrogen) atoms. The van der Waals surface area contributed by atoms with Crippen LogP contribution in [-0.2, 0) is 0 Å². The highest BCUT2D eigenvalue weighted by atomic mass is 16.5. The molecule has 3 heterocycles. The number of hydrogen-bond donors (Lipinski definition) is 0. The first kappa shape index (κ1) is 33.9. The number of aryl methyl sites for hydroxylation is 1. The highest BCUT2D eigenvalue weighted by Gasteiger charge is 2.03. The van der Waals surface area contributed by atoms with Crippen LogP contribution in [0.15, 0.2) is 73.3 Å². The Morgan fingerprint density at radius 1 is 0.649 bits per heavy atom. The SMILES string of the molecule is CC.CC.CC(C)c1ccc2ccnn2c1.CC(C)c1ccncc1.COc1cc(C(C)C)ccc1C. The van der Waals surface area contributed by atoms with Crippen molar-refractivity contribution in [3.8, 4) is 5.75 Å². The number of fused-ring (bicyclic) bond motifs is 1. The van der Waals surface area contributed by atoms with Crippen molar-refractivity contribution < 1.29 is 4.74 Å². The molecule has 0 aliphatic heterocycles. The smallest absolute Gasteiger partial charge is 0.122 e. The van der Waals surface area contributed by atoms with E-state index >= 15 is 0 Å². The second-order valence-electron chi connectivity index (χ2n) is 9.14. The summed E-state index contributed by atoms with van der Waals surface area (Å²) in [7, 11) is 1.71. The maximum absolute atomic E-state index is 5.24. The Kier molecular flexibility index (Phi) is 17.4. The molecule has 4 aromatic rings. The molecule has 0 fully saturated rings. The van der Waals surface area contributed by atoms with Crippen molar-refractivity contribution in [2.75, 3.05) is 7.11 Å². The van der Waals surface area contributed by atoms with E-state index < -0.39 is 0 Å². The van der Waals surface area contributed by atoms with Gasteiger partial charge in [0.2, 0.25) is 0 Å². The molecular formula is C33H51N3O. The molecule has 4 rings (SSSR count). The number of ether oxygens (including phenoxy) is 1. The van der Waals surface area contributed by atoms with Crippen LogP contribution in [0, 0.1) is 6.92 Å². The Balaban J connectivity index is 0.000000496. The quantitative estimate of drug-likeness (QED) is 0.277. The molecule has 0 aliphatic carbocycles. The van der Waals surface area contributed by atoms with Gasteiger partial charge in [0, 0.05) is 24.8 Å². The minimum atomic E-state index is 0.568. The normalized spacial score (nSPS) is 9.81. The van der Waals surface area contributed by atoms with Crippen LogP contribution in [0.25, 0.3) is 5.52 Å². The van der Waals surface area contributed by atoms with E-state index in [1.165, 1.54) is 22.3 Å². The minimum Gasteiger partial charge on any atom is -0.496 e. The molecule has 0 N–H and O–H groups in total. The zero-order valence-electron chi connectivity index (χ0n) is 25.4. The number of rotatable bonds is 4. The molecule has 0 bridgehead atoms. The maximum atomic E-state index is 5.24. The van der Waals surface area contributed by atoms with Crippen molar-refractivity contribution >= 4 is 5.52 Å². The number of nitrogens with zero attached hydrogens (tertiary/aromatic N) is 3. The summed E-state index contributed by atoms with van der Waals surface area (Å²) >= 11 is 0. The molecule has 204 valence electrons. The predicted octanol–water partition coefficient (Wildman–Crippen LogP) is 9.84. The molecule has 0 aliphatic rings. The Hall–Kier alpha value is -3.14. The van der Waals surface area contributed by atoms with Gasteiger partial charge in [-0.3, -0.25) is 4.98 Å². The van der Waals surface area contributed by atoms with Crippen molar-refractivity contribution in [1.82, 2.24) is 14.6 Å². The molecule has 0 amide bonds. The second kappa shape index (κ2) is 19.0. The third-order valence-electron chi connectivity index (χ3n) is 5.56. The van der Waals surface area contributed by atoms with Crippen molar-refractivity contribution in [2.24, 2.45) is 0 Å². The number of pyridine rings is 2. The average molecular weight is 506 g/mol. The van der Waals surface area contributed by atoms with Gasteiger partial charge in [-0.25, -0.2) is 4.52 Å². The van der Waals surface area contributed by atoms with Crippen molar-refractivity contribution in [1.29, 1.82) is 0 Å². The van der Waals surface area contributed by atoms with E-state index in [2.05, 4.69) is 95.1 Å². The molecule has 0 spiro atoms. The number of hydrogen-bond acceptors (Lipinski definition) is 3. The molecule has 0 saturated carbocycles. The summed E-state index contributed by atoms with van der Waals surface area (Å²) < 4.78 is 7.15. The fourth-order valence-electron chi connectivity index (χ4n) is 3.22. The van der Waals surface area contributed by atoms with Crippen LogP contribution < -0.4 is 4.74 Å². The highest BCUT2D eigenvalue weighted by molar-refractivity contribution is 5.46. The van der Waals surface area contributed by atoms with Crippen LogP contribution in [-0.4, -0.2) is 21.7 Å². The number of aromatic nitrogens is 3. The highest BCUT2D eigenvalue weighted by Crippen LogP contribution is 2.23. The van der Waals surface area contributed by atoms with Gasteiger partial charge < -0.3 is 4.74 Å². The monoisotopic (exact) mass is 505 g/mol. The molecule has 0 unspecified atom stereocenters. The molecule has 0 atom stereocenters. The first-order chi connectivity index (χ1) is 17.7. The lowest BCUT2D eigenvalue weighted by molar-refractivity contribution is 0.411. The summed E-state index contributed by atoms with van der Waals surface area (Å²) in [5, 5.41) is 4.18. The van der Waals surface area contributed by atoms with Gasteiger partial charge in [-0.2, -0.15) is 5.10 Å². The van der Waals surface area contributed by atoms with Crippen LogP contribution >= 0.6 is 0 Å². The molecule has 3 aromatic heterocycles. The fraction of sp³-hybridized carbons (Fsp3) is 0.455. The van der Waals surface area contributed by atoms with Crippen LogP contribution in [0.4, 0.5) is 0 Å². The summed E-state index contributed by atoms with van der Waals surface area (Å²) in [5.41, 5.74) is 6.36. The van der Waals surface area contributed by atoms with Crippen LogP contribution in [0.5, 0.6) is 5.75 Å². The van der Waals surface area contributed by atoms with Gasteiger partial charge in [0.15, 0.2) is 0 Å². The first-order valence-corrected chi connectivity index (χ1v) is 13.7. The van der Waals surface area contributed by atoms with Gasteiger partial charge in [0.25, 0.3) is 0 Å². The summed E-state index contributed by atoms with van der Waals surface area (Å²) in [6.45, 7) is 23.1. The van der Waals surface area contributed by atoms with Crippen molar-refractivity contribution in [3.63, 3.8) is 0 Å². The molecule has 0 saturated heterocycles. The largest absolute Gasteiger partial charge is 0.496 e. The topological polar surface area (TPSA) is 39.4 Å². The van der Waals surface area contributed by atoms with E-state index in [0.717, 1.165) is 11.3 Å². The zero-order valence-corrected chi connectivity index (χ0v) is 25.4. The van der Waals surface area contributed by atoms with E-state index in [9.17, 15) is 0 Å². The van der Waals surface area contributed by atoms with Crippen LogP contribution in [0.1, 0.15) is 109 Å².